The van der Waals surface area contributed by atoms with Gasteiger partial charge in [-0.1, -0.05) is 30.3 Å². The predicted octanol–water partition coefficient (Wildman–Crippen LogP) is 2.38. The van der Waals surface area contributed by atoms with Crippen LogP contribution < -0.4 is 4.90 Å². The second-order valence-corrected chi connectivity index (χ2v) is 3.94. The number of carbonyl (C=O) groups excluding carboxylic acids is 1. The van der Waals surface area contributed by atoms with Crippen LogP contribution in [0.15, 0.2) is 54.6 Å². The molecule has 4 heteroatoms. The van der Waals surface area contributed by atoms with E-state index in [1.807, 2.05) is 48.5 Å². The number of amides is 1. The summed E-state index contributed by atoms with van der Waals surface area (Å²) in [4.78, 5) is 16.9. The lowest BCUT2D eigenvalue weighted by Gasteiger charge is -2.15. The second kappa shape index (κ2) is 3.95. The summed E-state index contributed by atoms with van der Waals surface area (Å²) >= 11 is 0. The van der Waals surface area contributed by atoms with E-state index in [-0.39, 0.29) is 11.6 Å². The highest BCUT2D eigenvalue weighted by Gasteiger charge is 2.40. The molecule has 1 heterocycles. The number of fused-ring (bicyclic) bond motifs is 1. The van der Waals surface area contributed by atoms with E-state index in [4.69, 9.17) is 5.53 Å². The molecule has 1 amide bonds. The number of nitrogens with zero attached hydrogens (tertiary/aromatic N) is 3. The van der Waals surface area contributed by atoms with Crippen molar-refractivity contribution >= 4 is 23.0 Å². The molecule has 18 heavy (non-hydrogen) atoms. The maximum atomic E-state index is 12.2. The summed E-state index contributed by atoms with van der Waals surface area (Å²) < 4.78 is 0. The third kappa shape index (κ3) is 1.37. The van der Waals surface area contributed by atoms with Gasteiger partial charge in [-0.2, -0.15) is 4.79 Å². The molecule has 2 aromatic rings. The molecule has 0 radical (unpaired) electrons. The summed E-state index contributed by atoms with van der Waals surface area (Å²) in [6.45, 7) is 0. The van der Waals surface area contributed by atoms with Crippen LogP contribution in [0.1, 0.15) is 5.56 Å². The van der Waals surface area contributed by atoms with Crippen molar-refractivity contribution in [3.05, 3.63) is 65.7 Å². The first kappa shape index (κ1) is 10.4. The van der Waals surface area contributed by atoms with Crippen LogP contribution in [0.5, 0.6) is 0 Å². The Morgan fingerprint density at radius 3 is 2.33 bits per heavy atom. The average Bonchev–Trinajstić information content (AvgIpc) is 2.71. The molecule has 0 fully saturated rings. The zero-order chi connectivity index (χ0) is 12.5. The molecular formula is C14H9N3O. The van der Waals surface area contributed by atoms with Crippen molar-refractivity contribution in [3.8, 4) is 0 Å². The number of para-hydroxylation sites is 2. The Morgan fingerprint density at radius 1 is 0.944 bits per heavy atom. The molecule has 0 aromatic heterocycles. The fraction of sp³-hybridized carbons (Fsp3) is 0. The number of benzene rings is 2. The Hall–Kier alpha value is -2.71. The molecule has 0 saturated heterocycles. The quantitative estimate of drug-likeness (QED) is 0.553. The highest BCUT2D eigenvalue weighted by molar-refractivity contribution is 6.53. The highest BCUT2D eigenvalue weighted by atomic mass is 16.2. The first-order valence-electron chi connectivity index (χ1n) is 5.54. The van der Waals surface area contributed by atoms with Crippen LogP contribution in [0.25, 0.3) is 5.53 Å². The Labute approximate surface area is 104 Å². The van der Waals surface area contributed by atoms with Gasteiger partial charge in [0.05, 0.1) is 11.3 Å². The molecule has 0 atom stereocenters. The lowest BCUT2D eigenvalue weighted by molar-refractivity contribution is -0.115. The monoisotopic (exact) mass is 235 g/mol. The molecule has 1 aliphatic rings. The smallest absolute Gasteiger partial charge is 0.361 e. The molecule has 0 saturated carbocycles. The first-order valence-corrected chi connectivity index (χ1v) is 5.54. The van der Waals surface area contributed by atoms with Gasteiger partial charge in [0.15, 0.2) is 0 Å². The van der Waals surface area contributed by atoms with Crippen LogP contribution in [-0.4, -0.2) is 16.4 Å². The molecule has 86 valence electrons. The van der Waals surface area contributed by atoms with Crippen molar-refractivity contribution in [1.29, 1.82) is 0 Å². The molecule has 0 unspecified atom stereocenters. The van der Waals surface area contributed by atoms with Crippen molar-refractivity contribution in [1.82, 2.24) is 0 Å². The largest absolute Gasteiger partial charge is 0.389 e. The average molecular weight is 235 g/mol. The van der Waals surface area contributed by atoms with Gasteiger partial charge in [-0.3, -0.25) is 9.69 Å². The minimum atomic E-state index is -0.315. The fourth-order valence-electron chi connectivity index (χ4n) is 2.13. The lowest BCUT2D eigenvalue weighted by Crippen LogP contribution is -2.25. The Bertz CT molecular complexity index is 672. The molecule has 4 nitrogen and oxygen atoms in total. The Morgan fingerprint density at radius 2 is 1.61 bits per heavy atom. The van der Waals surface area contributed by atoms with E-state index in [1.54, 1.807) is 11.0 Å². The topological polar surface area (TPSA) is 56.7 Å². The summed E-state index contributed by atoms with van der Waals surface area (Å²) in [5.74, 6) is -0.315. The number of hydrogen-bond acceptors (Lipinski definition) is 1. The van der Waals surface area contributed by atoms with Crippen LogP contribution >= 0.6 is 0 Å². The van der Waals surface area contributed by atoms with E-state index in [2.05, 4.69) is 4.79 Å². The Balaban J connectivity index is 2.24. The third-order valence-corrected chi connectivity index (χ3v) is 2.92. The van der Waals surface area contributed by atoms with E-state index in [0.29, 0.717) is 5.56 Å². The minimum Gasteiger partial charge on any atom is -0.361 e. The number of rotatable bonds is 1. The normalized spacial score (nSPS) is 13.4. The van der Waals surface area contributed by atoms with Crippen molar-refractivity contribution in [2.75, 3.05) is 4.90 Å². The first-order chi connectivity index (χ1) is 8.83. The van der Waals surface area contributed by atoms with Gasteiger partial charge >= 0.3 is 11.6 Å². The molecule has 3 rings (SSSR count). The maximum absolute atomic E-state index is 12.2. The van der Waals surface area contributed by atoms with Gasteiger partial charge in [0.25, 0.3) is 0 Å². The third-order valence-electron chi connectivity index (χ3n) is 2.92. The van der Waals surface area contributed by atoms with Crippen LogP contribution in [0.4, 0.5) is 11.4 Å². The van der Waals surface area contributed by atoms with Gasteiger partial charge in [-0.25, -0.2) is 0 Å². The van der Waals surface area contributed by atoms with Gasteiger partial charge in [0.1, 0.15) is 0 Å². The Kier molecular flexibility index (Phi) is 2.29. The maximum Gasteiger partial charge on any atom is 0.389 e. The van der Waals surface area contributed by atoms with Crippen LogP contribution in [0, 0.1) is 0 Å². The van der Waals surface area contributed by atoms with Crippen molar-refractivity contribution in [3.63, 3.8) is 0 Å². The summed E-state index contributed by atoms with van der Waals surface area (Å²) in [5, 5.41) is 0. The van der Waals surface area contributed by atoms with E-state index in [9.17, 15) is 4.79 Å². The molecule has 0 bridgehead atoms. The zero-order valence-electron chi connectivity index (χ0n) is 9.45. The highest BCUT2D eigenvalue weighted by Crippen LogP contribution is 2.34. The van der Waals surface area contributed by atoms with E-state index in [0.717, 1.165) is 11.4 Å². The summed E-state index contributed by atoms with van der Waals surface area (Å²) in [6.07, 6.45) is 0. The zero-order valence-corrected chi connectivity index (χ0v) is 9.45. The van der Waals surface area contributed by atoms with Gasteiger partial charge in [0.2, 0.25) is 0 Å². The fourth-order valence-corrected chi connectivity index (χ4v) is 2.13. The predicted molar refractivity (Wildman–Crippen MR) is 67.8 cm³/mol. The molecular weight excluding hydrogens is 226 g/mol. The summed E-state index contributed by atoms with van der Waals surface area (Å²) in [6, 6.07) is 16.6. The summed E-state index contributed by atoms with van der Waals surface area (Å²) in [7, 11) is 0. The molecule has 2 aromatic carbocycles. The van der Waals surface area contributed by atoms with Gasteiger partial charge in [-0.05, 0) is 24.3 Å². The lowest BCUT2D eigenvalue weighted by atomic mass is 10.1. The van der Waals surface area contributed by atoms with Crippen LogP contribution in [-0.2, 0) is 4.79 Å². The van der Waals surface area contributed by atoms with E-state index in [1.165, 1.54) is 0 Å². The van der Waals surface area contributed by atoms with Crippen LogP contribution in [0.3, 0.4) is 0 Å². The number of hydrogen-bond donors (Lipinski definition) is 0. The number of anilines is 2. The standard InChI is InChI=1S/C14H9N3O/c15-16-13-11-8-4-5-9-12(11)17(14(13)18)10-6-2-1-3-7-10/h1-9H. The SMILES string of the molecule is [N-]=[N+]=C1C(=O)N(c2ccccc2)c2ccccc21. The van der Waals surface area contributed by atoms with Crippen molar-refractivity contribution in [2.24, 2.45) is 0 Å². The van der Waals surface area contributed by atoms with E-state index < -0.39 is 0 Å². The van der Waals surface area contributed by atoms with Crippen LogP contribution in [0.2, 0.25) is 0 Å². The van der Waals surface area contributed by atoms with Gasteiger partial charge in [-0.15, -0.1) is 0 Å². The number of carbonyl (C=O) groups is 1. The molecule has 0 aliphatic carbocycles. The van der Waals surface area contributed by atoms with E-state index >= 15 is 0 Å². The van der Waals surface area contributed by atoms with Crippen molar-refractivity contribution < 1.29 is 9.58 Å². The summed E-state index contributed by atoms with van der Waals surface area (Å²) in [5.41, 5.74) is 11.2. The molecule has 1 aliphatic heterocycles. The molecule has 0 N–H and O–H groups in total. The molecule has 0 spiro atoms. The minimum absolute atomic E-state index is 0.0782. The second-order valence-electron chi connectivity index (χ2n) is 3.94. The van der Waals surface area contributed by atoms with Gasteiger partial charge in [0, 0.05) is 5.69 Å². The van der Waals surface area contributed by atoms with Gasteiger partial charge < -0.3 is 5.53 Å². The van der Waals surface area contributed by atoms with Crippen molar-refractivity contribution in [2.45, 2.75) is 0 Å².